The molecule has 0 saturated heterocycles. The Hall–Kier alpha value is -3.46. The zero-order valence-corrected chi connectivity index (χ0v) is 20.7. The lowest BCUT2D eigenvalue weighted by Crippen LogP contribution is -2.48. The molecule has 0 saturated carbocycles. The molecule has 0 aliphatic carbocycles. The number of halogens is 3. The quantitative estimate of drug-likeness (QED) is 0.230. The molecule has 1 heterocycles. The van der Waals surface area contributed by atoms with Gasteiger partial charge in [-0.25, -0.2) is 18.0 Å². The van der Waals surface area contributed by atoms with E-state index in [1.165, 1.54) is 46.1 Å². The van der Waals surface area contributed by atoms with Crippen molar-refractivity contribution in [2.24, 2.45) is 0 Å². The summed E-state index contributed by atoms with van der Waals surface area (Å²) in [6.07, 6.45) is 3.12. The molecule has 0 amide bonds. The molecule has 1 aliphatic rings. The standard InChI is InChI=1S/C27H28F3NO5/c1-15-8-18-12-23(36-16(2)33)19(13-32)11-20(18)26(31(15)14-27(3,4)30)25-21(28)9-17(10-22(25)29)6-7-24(34)35-5/h6-7,9-13,15,26H,8,14H2,1-5H3/b7-6+. The van der Waals surface area contributed by atoms with E-state index in [0.717, 1.165) is 18.2 Å². The summed E-state index contributed by atoms with van der Waals surface area (Å²) in [5.41, 5.74) is -0.854. The van der Waals surface area contributed by atoms with Crippen LogP contribution in [-0.4, -0.2) is 48.5 Å². The summed E-state index contributed by atoms with van der Waals surface area (Å²) in [6, 6.07) is 3.68. The summed E-state index contributed by atoms with van der Waals surface area (Å²) in [7, 11) is 1.18. The van der Waals surface area contributed by atoms with Gasteiger partial charge in [-0.15, -0.1) is 0 Å². The fourth-order valence-corrected chi connectivity index (χ4v) is 4.49. The van der Waals surface area contributed by atoms with Gasteiger partial charge in [-0.2, -0.15) is 0 Å². The van der Waals surface area contributed by atoms with E-state index in [9.17, 15) is 18.8 Å². The lowest BCUT2D eigenvalue weighted by atomic mass is 9.82. The van der Waals surface area contributed by atoms with Gasteiger partial charge in [-0.05, 0) is 74.2 Å². The predicted octanol–water partition coefficient (Wildman–Crippen LogP) is 4.97. The Morgan fingerprint density at radius 3 is 2.33 bits per heavy atom. The number of aldehydes is 1. The highest BCUT2D eigenvalue weighted by molar-refractivity contribution is 5.87. The van der Waals surface area contributed by atoms with Crippen molar-refractivity contribution in [2.45, 2.75) is 51.9 Å². The minimum Gasteiger partial charge on any atom is -0.466 e. The smallest absolute Gasteiger partial charge is 0.330 e. The number of nitrogens with zero attached hydrogens (tertiary/aromatic N) is 1. The average molecular weight is 504 g/mol. The van der Waals surface area contributed by atoms with E-state index in [1.54, 1.807) is 4.90 Å². The molecule has 0 spiro atoms. The maximum absolute atomic E-state index is 15.5. The van der Waals surface area contributed by atoms with Crippen LogP contribution in [0.5, 0.6) is 5.75 Å². The molecule has 2 unspecified atom stereocenters. The van der Waals surface area contributed by atoms with Crippen LogP contribution in [0, 0.1) is 11.6 Å². The zero-order valence-electron chi connectivity index (χ0n) is 20.7. The van der Waals surface area contributed by atoms with Gasteiger partial charge in [-0.3, -0.25) is 14.5 Å². The number of alkyl halides is 1. The van der Waals surface area contributed by atoms with Crippen LogP contribution in [0.3, 0.4) is 0 Å². The van der Waals surface area contributed by atoms with E-state index >= 15 is 8.78 Å². The minimum absolute atomic E-state index is 0.0291. The van der Waals surface area contributed by atoms with Gasteiger partial charge in [0, 0.05) is 31.1 Å². The molecule has 1 aliphatic heterocycles. The zero-order chi connectivity index (χ0) is 26.8. The maximum atomic E-state index is 15.5. The highest BCUT2D eigenvalue weighted by atomic mass is 19.1. The van der Waals surface area contributed by atoms with Gasteiger partial charge >= 0.3 is 11.9 Å². The van der Waals surface area contributed by atoms with E-state index in [4.69, 9.17) is 4.74 Å². The van der Waals surface area contributed by atoms with Crippen LogP contribution < -0.4 is 4.74 Å². The van der Waals surface area contributed by atoms with E-state index in [-0.39, 0.29) is 35.0 Å². The lowest BCUT2D eigenvalue weighted by molar-refractivity contribution is -0.135. The molecule has 9 heteroatoms. The Labute approximate surface area is 207 Å². The Morgan fingerprint density at radius 1 is 1.17 bits per heavy atom. The first-order valence-corrected chi connectivity index (χ1v) is 11.3. The first-order valence-electron chi connectivity index (χ1n) is 11.3. The SMILES string of the molecule is COC(=O)/C=C/c1cc(F)c(C2c3cc(C=O)c(OC(C)=O)cc3CC(C)N2CC(C)(C)F)c(F)c1. The molecule has 0 bridgehead atoms. The molecule has 6 nitrogen and oxygen atoms in total. The number of benzene rings is 2. The number of fused-ring (bicyclic) bond motifs is 1. The van der Waals surface area contributed by atoms with Crippen LogP contribution in [0.25, 0.3) is 6.08 Å². The number of methoxy groups -OCH3 is 1. The number of hydrogen-bond acceptors (Lipinski definition) is 6. The van der Waals surface area contributed by atoms with Crippen molar-refractivity contribution in [1.82, 2.24) is 4.90 Å². The Kier molecular flexibility index (Phi) is 8.03. The molecule has 192 valence electrons. The molecule has 0 fully saturated rings. The summed E-state index contributed by atoms with van der Waals surface area (Å²) in [6.45, 7) is 5.62. The second kappa shape index (κ2) is 10.7. The highest BCUT2D eigenvalue weighted by Crippen LogP contribution is 2.43. The van der Waals surface area contributed by atoms with Gasteiger partial charge in [0.05, 0.1) is 18.7 Å². The van der Waals surface area contributed by atoms with Crippen molar-refractivity contribution in [3.05, 3.63) is 69.8 Å². The van der Waals surface area contributed by atoms with Gasteiger partial charge in [0.1, 0.15) is 23.1 Å². The normalized spacial score (nSPS) is 18.1. The summed E-state index contributed by atoms with van der Waals surface area (Å²) in [5, 5.41) is 0. The van der Waals surface area contributed by atoms with Crippen molar-refractivity contribution in [3.8, 4) is 5.75 Å². The fraction of sp³-hybridized carbons (Fsp3) is 0.370. The Morgan fingerprint density at radius 2 is 1.81 bits per heavy atom. The topological polar surface area (TPSA) is 72.9 Å². The molecule has 2 aromatic rings. The first kappa shape index (κ1) is 27.1. The fourth-order valence-electron chi connectivity index (χ4n) is 4.49. The Balaban J connectivity index is 2.23. The summed E-state index contributed by atoms with van der Waals surface area (Å²) in [4.78, 5) is 36.3. The van der Waals surface area contributed by atoms with Gasteiger partial charge in [0.25, 0.3) is 0 Å². The van der Waals surface area contributed by atoms with Gasteiger partial charge in [0.2, 0.25) is 0 Å². The number of carbonyl (C=O) groups excluding carboxylic acids is 3. The monoisotopic (exact) mass is 503 g/mol. The van der Waals surface area contributed by atoms with Gasteiger partial charge < -0.3 is 9.47 Å². The van der Waals surface area contributed by atoms with E-state index in [1.807, 2.05) is 6.92 Å². The number of carbonyl (C=O) groups is 3. The Bertz CT molecular complexity index is 1200. The molecule has 2 atom stereocenters. The summed E-state index contributed by atoms with van der Waals surface area (Å²) >= 11 is 0. The third kappa shape index (κ3) is 6.02. The van der Waals surface area contributed by atoms with Crippen LogP contribution in [0.4, 0.5) is 13.2 Å². The molecular formula is C27H28F3NO5. The number of hydrogen-bond donors (Lipinski definition) is 0. The van der Waals surface area contributed by atoms with Crippen molar-refractivity contribution >= 4 is 24.3 Å². The van der Waals surface area contributed by atoms with Crippen molar-refractivity contribution < 1.29 is 37.0 Å². The second-order valence-corrected chi connectivity index (χ2v) is 9.40. The molecule has 0 N–H and O–H groups in total. The molecule has 2 aromatic carbocycles. The number of rotatable bonds is 7. The third-order valence-electron chi connectivity index (χ3n) is 5.91. The predicted molar refractivity (Wildman–Crippen MR) is 127 cm³/mol. The average Bonchev–Trinajstić information content (AvgIpc) is 2.77. The van der Waals surface area contributed by atoms with Crippen LogP contribution in [-0.2, 0) is 20.7 Å². The molecule has 0 aromatic heterocycles. The minimum atomic E-state index is -1.69. The summed E-state index contributed by atoms with van der Waals surface area (Å²) < 4.78 is 55.5. The van der Waals surface area contributed by atoms with E-state index in [2.05, 4.69) is 4.74 Å². The van der Waals surface area contributed by atoms with Crippen molar-refractivity contribution in [3.63, 3.8) is 0 Å². The van der Waals surface area contributed by atoms with Crippen molar-refractivity contribution in [1.29, 1.82) is 0 Å². The van der Waals surface area contributed by atoms with Crippen LogP contribution in [0.15, 0.2) is 30.3 Å². The molecule has 36 heavy (non-hydrogen) atoms. The highest BCUT2D eigenvalue weighted by Gasteiger charge is 2.39. The van der Waals surface area contributed by atoms with Crippen LogP contribution in [0.1, 0.15) is 66.3 Å². The first-order chi connectivity index (χ1) is 16.8. The molecule has 3 rings (SSSR count). The number of ether oxygens (including phenoxy) is 2. The maximum Gasteiger partial charge on any atom is 0.330 e. The van der Waals surface area contributed by atoms with E-state index < -0.39 is 35.3 Å². The molecule has 0 radical (unpaired) electrons. The van der Waals surface area contributed by atoms with Gasteiger partial charge in [0.15, 0.2) is 6.29 Å². The molecular weight excluding hydrogens is 475 g/mol. The lowest BCUT2D eigenvalue weighted by Gasteiger charge is -2.44. The number of esters is 2. The van der Waals surface area contributed by atoms with E-state index in [0.29, 0.717) is 23.8 Å². The van der Waals surface area contributed by atoms with Crippen LogP contribution in [0.2, 0.25) is 0 Å². The largest absolute Gasteiger partial charge is 0.466 e. The van der Waals surface area contributed by atoms with Gasteiger partial charge in [-0.1, -0.05) is 0 Å². The summed E-state index contributed by atoms with van der Waals surface area (Å²) in [5.74, 6) is -3.06. The van der Waals surface area contributed by atoms with Crippen molar-refractivity contribution in [2.75, 3.05) is 13.7 Å². The third-order valence-corrected chi connectivity index (χ3v) is 5.91. The second-order valence-electron chi connectivity index (χ2n) is 9.40. The van der Waals surface area contributed by atoms with Crippen LogP contribution >= 0.6 is 0 Å².